The van der Waals surface area contributed by atoms with Crippen LogP contribution in [0.1, 0.15) is 44.0 Å². The Kier molecular flexibility index (Phi) is 6.81. The molecular formula is C23H29N3O4S. The van der Waals surface area contributed by atoms with E-state index in [1.54, 1.807) is 54.6 Å². The molecule has 1 fully saturated rings. The number of piperidine rings is 1. The molecule has 3 rings (SSSR count). The number of anilines is 1. The van der Waals surface area contributed by atoms with Gasteiger partial charge in [-0.15, -0.1) is 0 Å². The van der Waals surface area contributed by atoms with Crippen molar-refractivity contribution in [3.8, 4) is 0 Å². The Hall–Kier alpha value is -2.71. The maximum atomic E-state index is 12.8. The summed E-state index contributed by atoms with van der Waals surface area (Å²) in [5.41, 5.74) is 0.453. The van der Waals surface area contributed by atoms with Crippen molar-refractivity contribution < 1.29 is 18.0 Å². The summed E-state index contributed by atoms with van der Waals surface area (Å²) in [6.07, 6.45) is 0.850. The van der Waals surface area contributed by atoms with Gasteiger partial charge in [0.15, 0.2) is 0 Å². The Bertz CT molecular complexity index is 1040. The Labute approximate surface area is 183 Å². The highest BCUT2D eigenvalue weighted by Gasteiger charge is 2.32. The Balaban J connectivity index is 1.64. The van der Waals surface area contributed by atoms with Gasteiger partial charge in [-0.3, -0.25) is 9.59 Å². The molecule has 0 atom stereocenters. The minimum Gasteiger partial charge on any atom is -0.347 e. The van der Waals surface area contributed by atoms with E-state index in [4.69, 9.17) is 0 Å². The fourth-order valence-electron chi connectivity index (χ4n) is 3.53. The number of benzene rings is 2. The number of carbonyl (C=O) groups is 2. The first-order chi connectivity index (χ1) is 14.6. The van der Waals surface area contributed by atoms with Crippen molar-refractivity contribution in [3.63, 3.8) is 0 Å². The van der Waals surface area contributed by atoms with Gasteiger partial charge in [0.1, 0.15) is 0 Å². The summed E-state index contributed by atoms with van der Waals surface area (Å²) in [5.74, 6) is -0.777. The van der Waals surface area contributed by atoms with Gasteiger partial charge in [0.2, 0.25) is 15.9 Å². The molecule has 2 aromatic rings. The lowest BCUT2D eigenvalue weighted by Gasteiger charge is -2.30. The third-order valence-electron chi connectivity index (χ3n) is 5.12. The minimum atomic E-state index is -3.56. The molecule has 166 valence electrons. The van der Waals surface area contributed by atoms with Gasteiger partial charge in [-0.05, 0) is 57.9 Å². The van der Waals surface area contributed by atoms with Gasteiger partial charge < -0.3 is 10.6 Å². The summed E-state index contributed by atoms with van der Waals surface area (Å²) >= 11 is 0. The van der Waals surface area contributed by atoms with E-state index < -0.39 is 15.6 Å². The van der Waals surface area contributed by atoms with Crippen LogP contribution in [0.2, 0.25) is 0 Å². The second-order valence-corrected chi connectivity index (χ2v) is 10.7. The highest BCUT2D eigenvalue weighted by Crippen LogP contribution is 2.25. The van der Waals surface area contributed by atoms with Crippen molar-refractivity contribution in [1.82, 2.24) is 9.62 Å². The highest BCUT2D eigenvalue weighted by atomic mass is 32.2. The highest BCUT2D eigenvalue weighted by molar-refractivity contribution is 7.89. The average molecular weight is 444 g/mol. The Morgan fingerprint density at radius 3 is 2.13 bits per heavy atom. The lowest BCUT2D eigenvalue weighted by atomic mass is 9.97. The number of rotatable bonds is 5. The van der Waals surface area contributed by atoms with Crippen molar-refractivity contribution in [2.45, 2.75) is 44.0 Å². The van der Waals surface area contributed by atoms with E-state index in [-0.39, 0.29) is 35.7 Å². The first kappa shape index (κ1) is 23.0. The molecule has 2 N–H and O–H groups in total. The average Bonchev–Trinajstić information content (AvgIpc) is 2.73. The number of amides is 2. The van der Waals surface area contributed by atoms with E-state index in [2.05, 4.69) is 10.6 Å². The summed E-state index contributed by atoms with van der Waals surface area (Å²) in [6.45, 7) is 6.24. The van der Waals surface area contributed by atoms with Gasteiger partial charge in [-0.25, -0.2) is 8.42 Å². The molecule has 0 unspecified atom stereocenters. The molecular weight excluding hydrogens is 414 g/mol. The van der Waals surface area contributed by atoms with Gasteiger partial charge in [-0.2, -0.15) is 4.31 Å². The fraction of sp³-hybridized carbons (Fsp3) is 0.391. The van der Waals surface area contributed by atoms with E-state index in [1.165, 1.54) is 4.31 Å². The van der Waals surface area contributed by atoms with Crippen LogP contribution in [0.4, 0.5) is 5.69 Å². The molecule has 1 aliphatic rings. The number of nitrogens with one attached hydrogen (secondary N) is 2. The lowest BCUT2D eigenvalue weighted by Crippen LogP contribution is -2.42. The zero-order valence-electron chi connectivity index (χ0n) is 18.1. The maximum Gasteiger partial charge on any atom is 0.253 e. The molecule has 0 aliphatic carbocycles. The van der Waals surface area contributed by atoms with Crippen LogP contribution in [0, 0.1) is 5.92 Å². The Morgan fingerprint density at radius 2 is 1.52 bits per heavy atom. The van der Waals surface area contributed by atoms with E-state index in [0.717, 1.165) is 0 Å². The van der Waals surface area contributed by atoms with E-state index in [1.807, 2.05) is 20.8 Å². The number of hydrogen-bond acceptors (Lipinski definition) is 4. The van der Waals surface area contributed by atoms with Crippen molar-refractivity contribution in [3.05, 3.63) is 60.2 Å². The van der Waals surface area contributed by atoms with E-state index in [0.29, 0.717) is 24.1 Å². The molecule has 8 heteroatoms. The topological polar surface area (TPSA) is 95.6 Å². The van der Waals surface area contributed by atoms with Gasteiger partial charge >= 0.3 is 0 Å². The smallest absolute Gasteiger partial charge is 0.253 e. The number of carbonyl (C=O) groups excluding carboxylic acids is 2. The van der Waals surface area contributed by atoms with Gasteiger partial charge in [0.05, 0.1) is 16.1 Å². The first-order valence-corrected chi connectivity index (χ1v) is 11.8. The molecule has 0 spiro atoms. The molecule has 1 aliphatic heterocycles. The number of sulfonamides is 1. The third kappa shape index (κ3) is 5.71. The van der Waals surface area contributed by atoms with Crippen molar-refractivity contribution in [1.29, 1.82) is 0 Å². The van der Waals surface area contributed by atoms with Gasteiger partial charge in [0, 0.05) is 24.5 Å². The first-order valence-electron chi connectivity index (χ1n) is 10.4. The third-order valence-corrected chi connectivity index (χ3v) is 7.04. The zero-order chi connectivity index (χ0) is 22.6. The second kappa shape index (κ2) is 9.20. The standard InChI is InChI=1S/C23H29N3O4S/c1-23(2,3)25-22(28)19-11-7-8-12-20(19)24-21(27)17-13-15-26(16-14-17)31(29,30)18-9-5-4-6-10-18/h4-12,17H,13-16H2,1-3H3,(H,24,27)(H,25,28). The number of nitrogens with zero attached hydrogens (tertiary/aromatic N) is 1. The van der Waals surface area contributed by atoms with Crippen molar-refractivity contribution in [2.75, 3.05) is 18.4 Å². The van der Waals surface area contributed by atoms with Crippen LogP contribution in [0.3, 0.4) is 0 Å². The number of hydrogen-bond donors (Lipinski definition) is 2. The molecule has 1 saturated heterocycles. The molecule has 2 aromatic carbocycles. The van der Waals surface area contributed by atoms with Crippen LogP contribution >= 0.6 is 0 Å². The normalized spacial score (nSPS) is 16.0. The van der Waals surface area contributed by atoms with Crippen LogP contribution in [0.25, 0.3) is 0 Å². The molecule has 1 heterocycles. The molecule has 0 bridgehead atoms. The van der Waals surface area contributed by atoms with Gasteiger partial charge in [0.25, 0.3) is 5.91 Å². The maximum absolute atomic E-state index is 12.8. The van der Waals surface area contributed by atoms with Crippen LogP contribution < -0.4 is 10.6 Å². The summed E-state index contributed by atoms with van der Waals surface area (Å²) in [5, 5.41) is 5.77. The molecule has 7 nitrogen and oxygen atoms in total. The largest absolute Gasteiger partial charge is 0.347 e. The Morgan fingerprint density at radius 1 is 0.935 bits per heavy atom. The van der Waals surface area contributed by atoms with Crippen LogP contribution in [-0.4, -0.2) is 43.2 Å². The van der Waals surface area contributed by atoms with E-state index in [9.17, 15) is 18.0 Å². The summed E-state index contributed by atoms with van der Waals surface area (Å²) in [6, 6.07) is 15.2. The van der Waals surface area contributed by atoms with Crippen molar-refractivity contribution >= 4 is 27.5 Å². The minimum absolute atomic E-state index is 0.201. The molecule has 31 heavy (non-hydrogen) atoms. The monoisotopic (exact) mass is 443 g/mol. The summed E-state index contributed by atoms with van der Waals surface area (Å²) in [4.78, 5) is 25.7. The molecule has 0 radical (unpaired) electrons. The van der Waals surface area contributed by atoms with Gasteiger partial charge in [-0.1, -0.05) is 30.3 Å². The molecule has 0 saturated carbocycles. The fourth-order valence-corrected chi connectivity index (χ4v) is 5.02. The number of para-hydroxylation sites is 1. The predicted octanol–water partition coefficient (Wildman–Crippen LogP) is 3.25. The quantitative estimate of drug-likeness (QED) is 0.741. The molecule has 0 aromatic heterocycles. The van der Waals surface area contributed by atoms with Crippen LogP contribution in [0.15, 0.2) is 59.5 Å². The molecule has 2 amide bonds. The summed E-state index contributed by atoms with van der Waals surface area (Å²) in [7, 11) is -3.56. The summed E-state index contributed by atoms with van der Waals surface area (Å²) < 4.78 is 27.0. The lowest BCUT2D eigenvalue weighted by molar-refractivity contribution is -0.120. The second-order valence-electron chi connectivity index (χ2n) is 8.73. The predicted molar refractivity (Wildman–Crippen MR) is 120 cm³/mol. The SMILES string of the molecule is CC(C)(C)NC(=O)c1ccccc1NC(=O)C1CCN(S(=O)(=O)c2ccccc2)CC1. The van der Waals surface area contributed by atoms with Crippen LogP contribution in [0.5, 0.6) is 0 Å². The zero-order valence-corrected chi connectivity index (χ0v) is 18.9. The van der Waals surface area contributed by atoms with Crippen molar-refractivity contribution in [2.24, 2.45) is 5.92 Å². The van der Waals surface area contributed by atoms with Crippen LogP contribution in [-0.2, 0) is 14.8 Å². The van der Waals surface area contributed by atoms with E-state index >= 15 is 0 Å².